The van der Waals surface area contributed by atoms with E-state index in [4.69, 9.17) is 0 Å². The Kier molecular flexibility index (Phi) is 1.99. The van der Waals surface area contributed by atoms with Crippen LogP contribution in [0.1, 0.15) is 27.2 Å². The third-order valence-corrected chi connectivity index (χ3v) is 3.21. The first-order valence-corrected chi connectivity index (χ1v) is 4.96. The van der Waals surface area contributed by atoms with Crippen molar-refractivity contribution in [1.82, 2.24) is 0 Å². The highest BCUT2D eigenvalue weighted by atomic mass is 14.2. The van der Waals surface area contributed by atoms with Crippen molar-refractivity contribution < 1.29 is 0 Å². The van der Waals surface area contributed by atoms with Crippen LogP contribution >= 0.6 is 0 Å². The van der Waals surface area contributed by atoms with Crippen molar-refractivity contribution >= 4 is 0 Å². The molecular formula is C13H16. The van der Waals surface area contributed by atoms with Gasteiger partial charge in [0.2, 0.25) is 0 Å². The Morgan fingerprint density at radius 2 is 2.08 bits per heavy atom. The standard InChI is InChI=1S/C13H16/c1-9-8-13(11(3)10(9)2)12-6-4-5-7-12/h4-6,8-9H,7H2,1-3H3. The molecule has 0 aromatic carbocycles. The van der Waals surface area contributed by atoms with Gasteiger partial charge in [0.15, 0.2) is 0 Å². The molecule has 2 aliphatic rings. The maximum absolute atomic E-state index is 2.39. The lowest BCUT2D eigenvalue weighted by Crippen LogP contribution is -1.87. The first-order valence-electron chi connectivity index (χ1n) is 4.96. The minimum absolute atomic E-state index is 0.636. The number of hydrogen-bond acceptors (Lipinski definition) is 0. The van der Waals surface area contributed by atoms with Crippen LogP contribution in [0.15, 0.2) is 46.6 Å². The highest BCUT2D eigenvalue weighted by molar-refractivity contribution is 5.56. The lowest BCUT2D eigenvalue weighted by Gasteiger charge is -2.05. The second kappa shape index (κ2) is 3.02. The average Bonchev–Trinajstić information content (AvgIpc) is 2.70. The molecule has 0 spiro atoms. The van der Waals surface area contributed by atoms with Gasteiger partial charge in [0.1, 0.15) is 0 Å². The van der Waals surface area contributed by atoms with Gasteiger partial charge in [0.25, 0.3) is 0 Å². The van der Waals surface area contributed by atoms with E-state index in [0.29, 0.717) is 5.92 Å². The molecule has 0 aromatic heterocycles. The molecule has 0 aromatic rings. The summed E-state index contributed by atoms with van der Waals surface area (Å²) in [6, 6.07) is 0. The third kappa shape index (κ3) is 1.31. The smallest absolute Gasteiger partial charge is 0.00393 e. The predicted molar refractivity (Wildman–Crippen MR) is 57.5 cm³/mol. The number of allylic oxidation sites excluding steroid dienone is 8. The summed E-state index contributed by atoms with van der Waals surface area (Å²) < 4.78 is 0. The molecule has 0 saturated heterocycles. The first-order chi connectivity index (χ1) is 6.20. The summed E-state index contributed by atoms with van der Waals surface area (Å²) >= 11 is 0. The van der Waals surface area contributed by atoms with Gasteiger partial charge in [-0.2, -0.15) is 0 Å². The highest BCUT2D eigenvalue weighted by Crippen LogP contribution is 2.36. The van der Waals surface area contributed by atoms with E-state index in [-0.39, 0.29) is 0 Å². The third-order valence-electron chi connectivity index (χ3n) is 3.21. The Morgan fingerprint density at radius 3 is 2.54 bits per heavy atom. The Morgan fingerprint density at radius 1 is 1.31 bits per heavy atom. The molecule has 2 rings (SSSR count). The number of hydrogen-bond donors (Lipinski definition) is 0. The molecule has 0 heterocycles. The Hall–Kier alpha value is -1.04. The minimum atomic E-state index is 0.636. The van der Waals surface area contributed by atoms with Crippen molar-refractivity contribution in [1.29, 1.82) is 0 Å². The fourth-order valence-electron chi connectivity index (χ4n) is 2.05. The summed E-state index contributed by atoms with van der Waals surface area (Å²) in [6.07, 6.45) is 10.1. The second-order valence-electron chi connectivity index (χ2n) is 4.00. The Balaban J connectivity index is 2.32. The van der Waals surface area contributed by atoms with Crippen LogP contribution in [0.4, 0.5) is 0 Å². The Labute approximate surface area is 80.3 Å². The molecule has 0 N–H and O–H groups in total. The second-order valence-corrected chi connectivity index (χ2v) is 4.00. The summed E-state index contributed by atoms with van der Waals surface area (Å²) in [5.41, 5.74) is 5.99. The molecule has 0 radical (unpaired) electrons. The normalized spacial score (nSPS) is 26.8. The van der Waals surface area contributed by atoms with Gasteiger partial charge in [0.05, 0.1) is 0 Å². The topological polar surface area (TPSA) is 0 Å². The summed E-state index contributed by atoms with van der Waals surface area (Å²) in [7, 11) is 0. The number of rotatable bonds is 1. The van der Waals surface area contributed by atoms with E-state index in [1.165, 1.54) is 22.3 Å². The van der Waals surface area contributed by atoms with E-state index in [1.54, 1.807) is 0 Å². The van der Waals surface area contributed by atoms with Gasteiger partial charge >= 0.3 is 0 Å². The van der Waals surface area contributed by atoms with Crippen molar-refractivity contribution in [2.75, 3.05) is 0 Å². The van der Waals surface area contributed by atoms with E-state index >= 15 is 0 Å². The predicted octanol–water partition coefficient (Wildman–Crippen LogP) is 3.79. The molecule has 0 aliphatic heterocycles. The SMILES string of the molecule is CC1=C(C)C(C)C=C1C1=CC=CC1. The average molecular weight is 172 g/mol. The Bertz CT molecular complexity index is 348. The van der Waals surface area contributed by atoms with Crippen molar-refractivity contribution in [3.8, 4) is 0 Å². The van der Waals surface area contributed by atoms with E-state index in [9.17, 15) is 0 Å². The fraction of sp³-hybridized carbons (Fsp3) is 0.385. The highest BCUT2D eigenvalue weighted by Gasteiger charge is 2.19. The van der Waals surface area contributed by atoms with Gasteiger partial charge in [0, 0.05) is 0 Å². The lowest BCUT2D eigenvalue weighted by atomic mass is 10.00. The van der Waals surface area contributed by atoms with Crippen LogP contribution in [0, 0.1) is 5.92 Å². The van der Waals surface area contributed by atoms with Gasteiger partial charge in [-0.25, -0.2) is 0 Å². The van der Waals surface area contributed by atoms with E-state index in [1.807, 2.05) is 0 Å². The van der Waals surface area contributed by atoms with Gasteiger partial charge in [-0.05, 0) is 42.9 Å². The molecule has 0 amide bonds. The van der Waals surface area contributed by atoms with Crippen molar-refractivity contribution in [2.45, 2.75) is 27.2 Å². The molecule has 2 aliphatic carbocycles. The van der Waals surface area contributed by atoms with E-state index in [0.717, 1.165) is 6.42 Å². The summed E-state index contributed by atoms with van der Waals surface area (Å²) in [5.74, 6) is 0.636. The van der Waals surface area contributed by atoms with Crippen LogP contribution in [-0.4, -0.2) is 0 Å². The molecule has 0 heteroatoms. The molecule has 68 valence electrons. The van der Waals surface area contributed by atoms with Crippen LogP contribution in [0.3, 0.4) is 0 Å². The largest absolute Gasteiger partial charge is 0.0801 e. The molecule has 1 unspecified atom stereocenters. The van der Waals surface area contributed by atoms with Crippen molar-refractivity contribution in [3.05, 3.63) is 46.6 Å². The summed E-state index contributed by atoms with van der Waals surface area (Å²) in [5, 5.41) is 0. The zero-order valence-electron chi connectivity index (χ0n) is 8.59. The van der Waals surface area contributed by atoms with Crippen LogP contribution in [0.2, 0.25) is 0 Å². The monoisotopic (exact) mass is 172 g/mol. The van der Waals surface area contributed by atoms with Crippen molar-refractivity contribution in [3.63, 3.8) is 0 Å². The van der Waals surface area contributed by atoms with Crippen LogP contribution in [-0.2, 0) is 0 Å². The molecule has 0 fully saturated rings. The summed E-state index contributed by atoms with van der Waals surface area (Å²) in [4.78, 5) is 0. The lowest BCUT2D eigenvalue weighted by molar-refractivity contribution is 0.875. The van der Waals surface area contributed by atoms with Crippen LogP contribution in [0.5, 0.6) is 0 Å². The van der Waals surface area contributed by atoms with Crippen molar-refractivity contribution in [2.24, 2.45) is 5.92 Å². The zero-order valence-corrected chi connectivity index (χ0v) is 8.59. The minimum Gasteiger partial charge on any atom is -0.0801 e. The molecule has 0 nitrogen and oxygen atoms in total. The van der Waals surface area contributed by atoms with Crippen LogP contribution in [0.25, 0.3) is 0 Å². The summed E-state index contributed by atoms with van der Waals surface area (Å²) in [6.45, 7) is 6.76. The van der Waals surface area contributed by atoms with Gasteiger partial charge in [-0.3, -0.25) is 0 Å². The fourth-order valence-corrected chi connectivity index (χ4v) is 2.05. The maximum Gasteiger partial charge on any atom is -0.00393 e. The van der Waals surface area contributed by atoms with Gasteiger partial charge < -0.3 is 0 Å². The molecule has 13 heavy (non-hydrogen) atoms. The quantitative estimate of drug-likeness (QED) is 0.564. The van der Waals surface area contributed by atoms with E-state index in [2.05, 4.69) is 45.1 Å². The molecule has 0 bridgehead atoms. The first kappa shape index (κ1) is 8.55. The zero-order chi connectivity index (χ0) is 9.42. The molecular weight excluding hydrogens is 156 g/mol. The maximum atomic E-state index is 2.39. The van der Waals surface area contributed by atoms with Gasteiger partial charge in [-0.1, -0.05) is 36.8 Å². The van der Waals surface area contributed by atoms with E-state index < -0.39 is 0 Å². The molecule has 1 atom stereocenters. The van der Waals surface area contributed by atoms with Crippen LogP contribution < -0.4 is 0 Å². The molecule has 0 saturated carbocycles. The van der Waals surface area contributed by atoms with Gasteiger partial charge in [-0.15, -0.1) is 0 Å².